The number of hydrogen-bond acceptors (Lipinski definition) is 5. The van der Waals surface area contributed by atoms with Crippen LogP contribution in [0.4, 0.5) is 4.79 Å². The first-order chi connectivity index (χ1) is 14.4. The molecule has 2 aliphatic heterocycles. The van der Waals surface area contributed by atoms with Gasteiger partial charge in [0.25, 0.3) is 5.91 Å². The molecular weight excluding hydrogens is 382 g/mol. The van der Waals surface area contributed by atoms with Gasteiger partial charge in [-0.15, -0.1) is 0 Å². The first kappa shape index (κ1) is 20.2. The summed E-state index contributed by atoms with van der Waals surface area (Å²) in [4.78, 5) is 31.5. The summed E-state index contributed by atoms with van der Waals surface area (Å²) in [6.45, 7) is 2.41. The van der Waals surface area contributed by atoms with E-state index < -0.39 is 5.54 Å². The van der Waals surface area contributed by atoms with Crippen molar-refractivity contribution >= 4 is 11.9 Å². The van der Waals surface area contributed by atoms with Gasteiger partial charge in [-0.1, -0.05) is 24.3 Å². The third kappa shape index (κ3) is 3.61. The number of urea groups is 1. The molecule has 2 saturated heterocycles. The van der Waals surface area contributed by atoms with Crippen LogP contribution in [0.5, 0.6) is 11.5 Å². The Labute approximate surface area is 176 Å². The second-order valence-corrected chi connectivity index (χ2v) is 8.06. The number of likely N-dealkylation sites (N-methyl/N-ethyl adjacent to an activating group) is 1. The summed E-state index contributed by atoms with van der Waals surface area (Å²) in [6.07, 6.45) is 1.21. The van der Waals surface area contributed by atoms with Crippen molar-refractivity contribution in [3.05, 3.63) is 59.7 Å². The van der Waals surface area contributed by atoms with Crippen molar-refractivity contribution in [3.8, 4) is 11.5 Å². The maximum absolute atomic E-state index is 13.3. The van der Waals surface area contributed by atoms with Crippen LogP contribution in [-0.2, 0) is 17.9 Å². The summed E-state index contributed by atoms with van der Waals surface area (Å²) in [5.74, 6) is 0.889. The molecule has 4 rings (SSSR count). The Morgan fingerprint density at radius 3 is 2.33 bits per heavy atom. The van der Waals surface area contributed by atoms with E-state index in [1.807, 2.05) is 36.4 Å². The second-order valence-electron chi connectivity index (χ2n) is 8.06. The molecule has 30 heavy (non-hydrogen) atoms. The molecule has 0 radical (unpaired) electrons. The predicted molar refractivity (Wildman–Crippen MR) is 112 cm³/mol. The summed E-state index contributed by atoms with van der Waals surface area (Å²) >= 11 is 0. The molecule has 1 spiro atoms. The number of carbonyl (C=O) groups excluding carboxylic acids is 2. The van der Waals surface area contributed by atoms with Gasteiger partial charge in [0.2, 0.25) is 0 Å². The van der Waals surface area contributed by atoms with Gasteiger partial charge >= 0.3 is 6.03 Å². The summed E-state index contributed by atoms with van der Waals surface area (Å²) in [7, 11) is 3.34. The number of ether oxygens (including phenoxy) is 1. The molecule has 0 bridgehead atoms. The number of carbonyl (C=O) groups is 2. The fourth-order valence-electron chi connectivity index (χ4n) is 4.44. The molecule has 2 heterocycles. The third-order valence-corrected chi connectivity index (χ3v) is 6.30. The number of amides is 3. The monoisotopic (exact) mass is 409 g/mol. The van der Waals surface area contributed by atoms with Gasteiger partial charge in [0.05, 0.1) is 13.7 Å². The molecule has 2 fully saturated rings. The highest BCUT2D eigenvalue weighted by Crippen LogP contribution is 2.37. The molecule has 2 aromatic carbocycles. The Hall–Kier alpha value is -3.06. The van der Waals surface area contributed by atoms with Crippen molar-refractivity contribution in [2.75, 3.05) is 27.2 Å². The highest BCUT2D eigenvalue weighted by Gasteiger charge is 2.56. The Balaban J connectivity index is 1.44. The number of piperidine rings is 1. The molecular formula is C23H27N3O4. The van der Waals surface area contributed by atoms with E-state index in [9.17, 15) is 14.7 Å². The SMILES string of the molecule is COc1ccc(CN2C(=O)N(C)C3(CCN(Cc4cccc(O)c4)CC3)C2=O)cc1. The summed E-state index contributed by atoms with van der Waals surface area (Å²) in [5.41, 5.74) is 1.16. The van der Waals surface area contributed by atoms with E-state index in [2.05, 4.69) is 4.90 Å². The van der Waals surface area contributed by atoms with Crippen LogP contribution in [0.25, 0.3) is 0 Å². The van der Waals surface area contributed by atoms with Gasteiger partial charge in [-0.25, -0.2) is 4.79 Å². The zero-order valence-corrected chi connectivity index (χ0v) is 17.4. The van der Waals surface area contributed by atoms with Gasteiger partial charge in [-0.3, -0.25) is 14.6 Å². The molecule has 3 amide bonds. The van der Waals surface area contributed by atoms with Crippen LogP contribution in [-0.4, -0.2) is 64.5 Å². The third-order valence-electron chi connectivity index (χ3n) is 6.30. The van der Waals surface area contributed by atoms with Gasteiger partial charge in [0, 0.05) is 26.7 Å². The van der Waals surface area contributed by atoms with Crippen molar-refractivity contribution in [1.82, 2.24) is 14.7 Å². The average Bonchev–Trinajstić information content (AvgIpc) is 2.92. The standard InChI is InChI=1S/C23H27N3O4/c1-24-22(29)26(16-17-6-8-20(30-2)9-7-17)21(28)23(24)10-12-25(13-11-23)15-18-4-3-5-19(27)14-18/h3-9,14,27H,10-13,15-16H2,1-2H3. The van der Waals surface area contributed by atoms with Crippen molar-refractivity contribution in [1.29, 1.82) is 0 Å². The minimum atomic E-state index is -0.765. The van der Waals surface area contributed by atoms with Gasteiger partial charge in [0.1, 0.15) is 17.0 Å². The number of aromatic hydroxyl groups is 1. The van der Waals surface area contributed by atoms with Crippen molar-refractivity contribution in [2.24, 2.45) is 0 Å². The lowest BCUT2D eigenvalue weighted by Gasteiger charge is -2.40. The Bertz CT molecular complexity index is 936. The van der Waals surface area contributed by atoms with Crippen LogP contribution in [0.2, 0.25) is 0 Å². The van der Waals surface area contributed by atoms with Crippen molar-refractivity contribution < 1.29 is 19.4 Å². The van der Waals surface area contributed by atoms with Crippen LogP contribution in [0.3, 0.4) is 0 Å². The molecule has 0 aliphatic carbocycles. The number of benzene rings is 2. The zero-order chi connectivity index (χ0) is 21.3. The first-order valence-electron chi connectivity index (χ1n) is 10.2. The maximum Gasteiger partial charge on any atom is 0.327 e. The maximum atomic E-state index is 13.3. The van der Waals surface area contributed by atoms with E-state index in [4.69, 9.17) is 4.74 Å². The molecule has 0 aromatic heterocycles. The van der Waals surface area contributed by atoms with Gasteiger partial charge in [0.15, 0.2) is 0 Å². The van der Waals surface area contributed by atoms with Crippen LogP contribution >= 0.6 is 0 Å². The minimum absolute atomic E-state index is 0.108. The predicted octanol–water partition coefficient (Wildman–Crippen LogP) is 2.83. The number of phenolic OH excluding ortho intramolecular Hbond substituents is 1. The van der Waals surface area contributed by atoms with Crippen molar-refractivity contribution in [3.63, 3.8) is 0 Å². The number of nitrogens with zero attached hydrogens (tertiary/aromatic N) is 3. The Kier molecular flexibility index (Phi) is 5.39. The van der Waals surface area contributed by atoms with Crippen LogP contribution in [0.1, 0.15) is 24.0 Å². The average molecular weight is 409 g/mol. The second kappa shape index (κ2) is 7.99. The topological polar surface area (TPSA) is 73.3 Å². The summed E-state index contributed by atoms with van der Waals surface area (Å²) < 4.78 is 5.17. The summed E-state index contributed by atoms with van der Waals surface area (Å²) in [6, 6.07) is 14.4. The van der Waals surface area contributed by atoms with E-state index in [1.54, 1.807) is 31.2 Å². The molecule has 0 saturated carbocycles. The minimum Gasteiger partial charge on any atom is -0.508 e. The fraction of sp³-hybridized carbons (Fsp3) is 0.391. The summed E-state index contributed by atoms with van der Waals surface area (Å²) in [5, 5.41) is 9.67. The number of hydrogen-bond donors (Lipinski definition) is 1. The van der Waals surface area contributed by atoms with Crippen LogP contribution in [0.15, 0.2) is 48.5 Å². The van der Waals surface area contributed by atoms with Crippen LogP contribution < -0.4 is 4.74 Å². The van der Waals surface area contributed by atoms with Gasteiger partial charge < -0.3 is 14.7 Å². The molecule has 0 atom stereocenters. The number of methoxy groups -OCH3 is 1. The van der Waals surface area contributed by atoms with E-state index in [0.717, 1.165) is 30.0 Å². The Morgan fingerprint density at radius 2 is 1.70 bits per heavy atom. The lowest BCUT2D eigenvalue weighted by atomic mass is 9.86. The molecule has 2 aliphatic rings. The number of imide groups is 1. The fourth-order valence-corrected chi connectivity index (χ4v) is 4.44. The molecule has 0 unspecified atom stereocenters. The van der Waals surface area contributed by atoms with E-state index in [0.29, 0.717) is 19.4 Å². The quantitative estimate of drug-likeness (QED) is 0.769. The van der Waals surface area contributed by atoms with Crippen LogP contribution in [0, 0.1) is 0 Å². The lowest BCUT2D eigenvalue weighted by Crippen LogP contribution is -2.55. The smallest absolute Gasteiger partial charge is 0.327 e. The largest absolute Gasteiger partial charge is 0.508 e. The highest BCUT2D eigenvalue weighted by molar-refractivity contribution is 6.06. The van der Waals surface area contributed by atoms with Gasteiger partial charge in [-0.05, 0) is 48.2 Å². The van der Waals surface area contributed by atoms with E-state index >= 15 is 0 Å². The van der Waals surface area contributed by atoms with E-state index in [1.165, 1.54) is 4.90 Å². The molecule has 2 aromatic rings. The zero-order valence-electron chi connectivity index (χ0n) is 17.4. The normalized spacial score (nSPS) is 19.0. The molecule has 1 N–H and O–H groups in total. The molecule has 7 nitrogen and oxygen atoms in total. The lowest BCUT2D eigenvalue weighted by molar-refractivity contribution is -0.135. The van der Waals surface area contributed by atoms with Crippen molar-refractivity contribution in [2.45, 2.75) is 31.5 Å². The Morgan fingerprint density at radius 1 is 1.00 bits per heavy atom. The number of rotatable bonds is 5. The van der Waals surface area contributed by atoms with E-state index in [-0.39, 0.29) is 24.2 Å². The van der Waals surface area contributed by atoms with Gasteiger partial charge in [-0.2, -0.15) is 0 Å². The molecule has 7 heteroatoms. The molecule has 158 valence electrons. The first-order valence-corrected chi connectivity index (χ1v) is 10.2. The number of phenols is 1. The number of likely N-dealkylation sites (tertiary alicyclic amines) is 1. The highest BCUT2D eigenvalue weighted by atomic mass is 16.5.